The molecule has 1 aromatic heterocycles. The van der Waals surface area contributed by atoms with Gasteiger partial charge in [0.25, 0.3) is 0 Å². The molecule has 2 aliphatic rings. The van der Waals surface area contributed by atoms with E-state index in [1.807, 2.05) is 18.7 Å². The average Bonchev–Trinajstić information content (AvgIpc) is 2.98. The third-order valence-corrected chi connectivity index (χ3v) is 5.61. The van der Waals surface area contributed by atoms with Gasteiger partial charge in [-0.2, -0.15) is 5.10 Å². The summed E-state index contributed by atoms with van der Waals surface area (Å²) in [5, 5.41) is 4.43. The number of carbonyl (C=O) groups excluding carboxylic acids is 1. The topological polar surface area (TPSA) is 53.8 Å². The molecule has 1 spiro atoms. The molecule has 0 bridgehead atoms. The van der Waals surface area contributed by atoms with Gasteiger partial charge in [-0.15, -0.1) is 0 Å². The molecule has 7 nitrogen and oxygen atoms in total. The van der Waals surface area contributed by atoms with Crippen LogP contribution < -0.4 is 0 Å². The highest BCUT2D eigenvalue weighted by Gasteiger charge is 2.51. The first-order chi connectivity index (χ1) is 11.8. The third kappa shape index (κ3) is 3.88. The van der Waals surface area contributed by atoms with Crippen LogP contribution in [0.3, 0.4) is 0 Å². The van der Waals surface area contributed by atoms with Crippen molar-refractivity contribution in [2.24, 2.45) is 13.0 Å². The fourth-order valence-corrected chi connectivity index (χ4v) is 4.20. The third-order valence-electron chi connectivity index (χ3n) is 5.61. The van der Waals surface area contributed by atoms with E-state index in [4.69, 9.17) is 4.74 Å². The van der Waals surface area contributed by atoms with Crippen molar-refractivity contribution < 1.29 is 9.53 Å². The first-order valence-corrected chi connectivity index (χ1v) is 9.00. The Labute approximate surface area is 150 Å². The second-order valence-electron chi connectivity index (χ2n) is 8.02. The molecule has 3 rings (SSSR count). The van der Waals surface area contributed by atoms with Crippen LogP contribution >= 0.6 is 0 Å². The molecule has 3 heterocycles. The first-order valence-electron chi connectivity index (χ1n) is 9.00. The molecule has 2 aliphatic heterocycles. The molecule has 0 aromatic carbocycles. The summed E-state index contributed by atoms with van der Waals surface area (Å²) in [5.41, 5.74) is 2.64. The SMILES string of the molecule is Cc1cc(CN2CC3(CC(COCC(=O)N(C)C)CN3C)C2)n(C)n1. The highest BCUT2D eigenvalue weighted by molar-refractivity contribution is 5.76. The van der Waals surface area contributed by atoms with Gasteiger partial charge < -0.3 is 9.64 Å². The molecule has 1 unspecified atom stereocenters. The van der Waals surface area contributed by atoms with Gasteiger partial charge in [0.05, 0.1) is 18.0 Å². The van der Waals surface area contributed by atoms with Gasteiger partial charge in [0.15, 0.2) is 0 Å². The molecule has 0 aliphatic carbocycles. The summed E-state index contributed by atoms with van der Waals surface area (Å²) in [6.07, 6.45) is 1.15. The summed E-state index contributed by atoms with van der Waals surface area (Å²) in [7, 11) is 7.76. The van der Waals surface area contributed by atoms with Crippen LogP contribution in [0, 0.1) is 12.8 Å². The number of ether oxygens (including phenoxy) is 1. The van der Waals surface area contributed by atoms with Crippen molar-refractivity contribution in [3.63, 3.8) is 0 Å². The van der Waals surface area contributed by atoms with Crippen LogP contribution in [0.1, 0.15) is 17.8 Å². The van der Waals surface area contributed by atoms with Crippen LogP contribution in [0.4, 0.5) is 0 Å². The van der Waals surface area contributed by atoms with Crippen molar-refractivity contribution in [3.8, 4) is 0 Å². The summed E-state index contributed by atoms with van der Waals surface area (Å²) < 4.78 is 7.63. The predicted octanol–water partition coefficient (Wildman–Crippen LogP) is 0.339. The lowest BCUT2D eigenvalue weighted by Gasteiger charge is -2.52. The van der Waals surface area contributed by atoms with Gasteiger partial charge >= 0.3 is 0 Å². The highest BCUT2D eigenvalue weighted by atomic mass is 16.5. The van der Waals surface area contributed by atoms with E-state index in [0.717, 1.165) is 38.3 Å². The average molecular weight is 349 g/mol. The Kier molecular flexibility index (Phi) is 5.18. The number of amides is 1. The Morgan fingerprint density at radius 1 is 1.40 bits per heavy atom. The minimum Gasteiger partial charge on any atom is -0.371 e. The fraction of sp³-hybridized carbons (Fsp3) is 0.778. The largest absolute Gasteiger partial charge is 0.371 e. The maximum absolute atomic E-state index is 11.6. The van der Waals surface area contributed by atoms with Gasteiger partial charge in [-0.25, -0.2) is 0 Å². The Balaban J connectivity index is 1.45. The first kappa shape index (κ1) is 18.4. The number of likely N-dealkylation sites (tertiary alicyclic amines) is 2. The summed E-state index contributed by atoms with van der Waals surface area (Å²) in [6, 6.07) is 2.17. The van der Waals surface area contributed by atoms with Crippen LogP contribution in [-0.2, 0) is 23.1 Å². The molecule has 0 saturated carbocycles. The minimum absolute atomic E-state index is 0.0300. The van der Waals surface area contributed by atoms with Gasteiger partial charge in [0.1, 0.15) is 6.61 Å². The molecular weight excluding hydrogens is 318 g/mol. The van der Waals surface area contributed by atoms with E-state index in [-0.39, 0.29) is 18.1 Å². The molecule has 140 valence electrons. The molecule has 0 N–H and O–H groups in total. The molecule has 2 saturated heterocycles. The zero-order valence-electron chi connectivity index (χ0n) is 16.2. The van der Waals surface area contributed by atoms with Gasteiger partial charge in [0.2, 0.25) is 5.91 Å². The van der Waals surface area contributed by atoms with Crippen LogP contribution in [0.15, 0.2) is 6.07 Å². The van der Waals surface area contributed by atoms with Gasteiger partial charge in [0, 0.05) is 52.9 Å². The van der Waals surface area contributed by atoms with E-state index in [9.17, 15) is 4.79 Å². The second kappa shape index (κ2) is 7.05. The van der Waals surface area contributed by atoms with Crippen LogP contribution in [0.5, 0.6) is 0 Å². The zero-order chi connectivity index (χ0) is 18.2. The van der Waals surface area contributed by atoms with Crippen LogP contribution in [-0.4, -0.2) is 89.9 Å². The summed E-state index contributed by atoms with van der Waals surface area (Å²) in [5.74, 6) is 0.545. The lowest BCUT2D eigenvalue weighted by molar-refractivity contribution is -0.134. The number of aromatic nitrogens is 2. The van der Waals surface area contributed by atoms with Crippen molar-refractivity contribution in [1.82, 2.24) is 24.5 Å². The number of hydrogen-bond acceptors (Lipinski definition) is 5. The standard InChI is InChI=1S/C18H31N5O2/c1-14-6-16(22(5)19-14)9-23-12-18(13-23)7-15(8-21(18)4)10-25-11-17(24)20(2)3/h6,15H,7-13H2,1-5H3. The number of aryl methyl sites for hydroxylation is 2. The molecule has 2 fully saturated rings. The maximum atomic E-state index is 11.6. The summed E-state index contributed by atoms with van der Waals surface area (Å²) in [6.45, 7) is 7.11. The lowest BCUT2D eigenvalue weighted by atomic mass is 9.84. The van der Waals surface area contributed by atoms with Crippen molar-refractivity contribution in [2.75, 3.05) is 54.0 Å². The van der Waals surface area contributed by atoms with E-state index in [2.05, 4.69) is 28.0 Å². The van der Waals surface area contributed by atoms with Gasteiger partial charge in [-0.3, -0.25) is 19.3 Å². The van der Waals surface area contributed by atoms with Crippen molar-refractivity contribution >= 4 is 5.91 Å². The van der Waals surface area contributed by atoms with E-state index < -0.39 is 0 Å². The second-order valence-corrected chi connectivity index (χ2v) is 8.02. The number of carbonyl (C=O) groups is 1. The van der Waals surface area contributed by atoms with Crippen molar-refractivity contribution in [3.05, 3.63) is 17.5 Å². The molecule has 25 heavy (non-hydrogen) atoms. The van der Waals surface area contributed by atoms with Crippen molar-refractivity contribution in [1.29, 1.82) is 0 Å². The molecule has 1 atom stereocenters. The van der Waals surface area contributed by atoms with Gasteiger partial charge in [-0.1, -0.05) is 0 Å². The molecular formula is C18H31N5O2. The monoisotopic (exact) mass is 349 g/mol. The number of hydrogen-bond donors (Lipinski definition) is 0. The van der Waals surface area contributed by atoms with Crippen LogP contribution in [0.2, 0.25) is 0 Å². The molecule has 1 aromatic rings. The van der Waals surface area contributed by atoms with E-state index in [0.29, 0.717) is 12.5 Å². The van der Waals surface area contributed by atoms with Crippen molar-refractivity contribution in [2.45, 2.75) is 25.4 Å². The number of nitrogens with zero attached hydrogens (tertiary/aromatic N) is 5. The number of likely N-dealkylation sites (N-methyl/N-ethyl adjacent to an activating group) is 2. The minimum atomic E-state index is 0.0300. The maximum Gasteiger partial charge on any atom is 0.248 e. The molecule has 7 heteroatoms. The summed E-state index contributed by atoms with van der Waals surface area (Å²) >= 11 is 0. The van der Waals surface area contributed by atoms with E-state index in [1.165, 1.54) is 5.69 Å². The molecule has 0 radical (unpaired) electrons. The van der Waals surface area contributed by atoms with Crippen LogP contribution in [0.25, 0.3) is 0 Å². The summed E-state index contributed by atoms with van der Waals surface area (Å²) in [4.78, 5) is 18.2. The lowest BCUT2D eigenvalue weighted by Crippen LogP contribution is -2.66. The predicted molar refractivity (Wildman–Crippen MR) is 96.2 cm³/mol. The highest BCUT2D eigenvalue weighted by Crippen LogP contribution is 2.40. The molecule has 1 amide bonds. The van der Waals surface area contributed by atoms with E-state index >= 15 is 0 Å². The van der Waals surface area contributed by atoms with Gasteiger partial charge in [-0.05, 0) is 32.4 Å². The Morgan fingerprint density at radius 3 is 2.72 bits per heavy atom. The number of rotatable bonds is 6. The Morgan fingerprint density at radius 2 is 2.12 bits per heavy atom. The van der Waals surface area contributed by atoms with E-state index in [1.54, 1.807) is 19.0 Å². The quantitative estimate of drug-likeness (QED) is 0.741. The Bertz CT molecular complexity index is 621. The Hall–Kier alpha value is -1.44. The normalized spacial score (nSPS) is 23.2. The fourth-order valence-electron chi connectivity index (χ4n) is 4.20. The smallest absolute Gasteiger partial charge is 0.248 e. The zero-order valence-corrected chi connectivity index (χ0v) is 16.2.